The molecule has 2 aromatic rings. The largest absolute Gasteiger partial charge is 0.275 e. The monoisotopic (exact) mass is 381 g/mol. The Morgan fingerprint density at radius 2 is 1.75 bits per heavy atom. The highest BCUT2D eigenvalue weighted by Crippen LogP contribution is 2.30. The van der Waals surface area contributed by atoms with E-state index < -0.39 is 0 Å². The lowest BCUT2D eigenvalue weighted by Crippen LogP contribution is -2.30. The lowest BCUT2D eigenvalue weighted by atomic mass is 9.96. The molecule has 1 heterocycles. The normalized spacial score (nSPS) is 14.8. The summed E-state index contributed by atoms with van der Waals surface area (Å²) < 4.78 is 0.993. The van der Waals surface area contributed by atoms with E-state index in [1.807, 2.05) is 60.7 Å². The highest BCUT2D eigenvalue weighted by Gasteiger charge is 2.26. The fourth-order valence-electron chi connectivity index (χ4n) is 2.66. The van der Waals surface area contributed by atoms with Crippen LogP contribution in [0.15, 0.2) is 70.7 Å². The maximum atomic E-state index is 12.1. The highest BCUT2D eigenvalue weighted by atomic mass is 79.9. The van der Waals surface area contributed by atoms with Crippen molar-refractivity contribution in [3.8, 4) is 0 Å². The van der Waals surface area contributed by atoms with Gasteiger partial charge in [0, 0.05) is 17.5 Å². The Labute approximate surface area is 149 Å². The number of nitrogens with zero attached hydrogens (tertiary/aromatic N) is 1. The van der Waals surface area contributed by atoms with Gasteiger partial charge in [-0.15, -0.1) is 0 Å². The Morgan fingerprint density at radius 1 is 1.08 bits per heavy atom. The smallest absolute Gasteiger partial charge is 0.253 e. The molecule has 1 aliphatic heterocycles. The summed E-state index contributed by atoms with van der Waals surface area (Å²) in [5.41, 5.74) is 3.85. The van der Waals surface area contributed by atoms with Crippen molar-refractivity contribution in [3.05, 3.63) is 81.8 Å². The number of imide groups is 1. The number of rotatable bonds is 3. The summed E-state index contributed by atoms with van der Waals surface area (Å²) >= 11 is 3.44. The van der Waals surface area contributed by atoms with Crippen molar-refractivity contribution in [1.82, 2.24) is 4.90 Å². The Bertz CT molecular complexity index is 836. The van der Waals surface area contributed by atoms with E-state index in [1.54, 1.807) is 6.08 Å². The fraction of sp³-hybridized carbons (Fsp3) is 0.100. The third kappa shape index (κ3) is 3.54. The highest BCUT2D eigenvalue weighted by molar-refractivity contribution is 9.10. The molecule has 0 aromatic heterocycles. The second-order valence-corrected chi connectivity index (χ2v) is 6.50. The van der Waals surface area contributed by atoms with Gasteiger partial charge in [0.15, 0.2) is 0 Å². The van der Waals surface area contributed by atoms with Crippen molar-refractivity contribution in [2.24, 2.45) is 0 Å². The summed E-state index contributed by atoms with van der Waals surface area (Å²) in [7, 11) is 0. The van der Waals surface area contributed by atoms with Gasteiger partial charge in [-0.05, 0) is 40.5 Å². The maximum Gasteiger partial charge on any atom is 0.253 e. The minimum Gasteiger partial charge on any atom is -0.275 e. The van der Waals surface area contributed by atoms with Gasteiger partial charge >= 0.3 is 0 Å². The first-order chi connectivity index (χ1) is 11.5. The molecule has 120 valence electrons. The number of carbonyl (C=O) groups is 2. The minimum atomic E-state index is -0.256. The van der Waals surface area contributed by atoms with E-state index in [2.05, 4.69) is 15.9 Å². The summed E-state index contributed by atoms with van der Waals surface area (Å²) in [4.78, 5) is 24.9. The van der Waals surface area contributed by atoms with Crippen LogP contribution in [-0.2, 0) is 9.59 Å². The quantitative estimate of drug-likeness (QED) is 0.743. The molecule has 0 bridgehead atoms. The lowest BCUT2D eigenvalue weighted by Gasteiger charge is -2.14. The number of carbonyl (C=O) groups excluding carboxylic acids is 2. The van der Waals surface area contributed by atoms with Crippen LogP contribution in [0.3, 0.4) is 0 Å². The van der Waals surface area contributed by atoms with E-state index in [0.29, 0.717) is 6.54 Å². The second-order valence-electron chi connectivity index (χ2n) is 5.59. The van der Waals surface area contributed by atoms with E-state index in [4.69, 9.17) is 0 Å². The van der Waals surface area contributed by atoms with Gasteiger partial charge in [0.05, 0.1) is 6.54 Å². The van der Waals surface area contributed by atoms with Gasteiger partial charge in [-0.25, -0.2) is 0 Å². The molecule has 0 atom stereocenters. The number of benzene rings is 2. The van der Waals surface area contributed by atoms with Crippen LogP contribution in [0.5, 0.6) is 0 Å². The fourth-order valence-corrected chi connectivity index (χ4v) is 2.92. The van der Waals surface area contributed by atoms with Gasteiger partial charge < -0.3 is 0 Å². The molecule has 24 heavy (non-hydrogen) atoms. The first-order valence-corrected chi connectivity index (χ1v) is 8.39. The van der Waals surface area contributed by atoms with Gasteiger partial charge in [0.2, 0.25) is 5.91 Å². The van der Waals surface area contributed by atoms with E-state index in [0.717, 1.165) is 26.7 Å². The number of hydrogen-bond acceptors (Lipinski definition) is 2. The molecule has 0 fully saturated rings. The van der Waals surface area contributed by atoms with E-state index in [1.165, 1.54) is 11.8 Å². The molecule has 0 aliphatic carbocycles. The van der Waals surface area contributed by atoms with Crippen LogP contribution in [0.25, 0.3) is 11.6 Å². The predicted octanol–water partition coefficient (Wildman–Crippen LogP) is 4.30. The van der Waals surface area contributed by atoms with Gasteiger partial charge in [-0.2, -0.15) is 0 Å². The second kappa shape index (κ2) is 6.97. The SMILES string of the molecule is CC(=O)N1CC(C(=Cc2ccccc2)c2ccc(Br)cc2)=CC1=O. The summed E-state index contributed by atoms with van der Waals surface area (Å²) in [6.07, 6.45) is 3.60. The van der Waals surface area contributed by atoms with Crippen molar-refractivity contribution in [1.29, 1.82) is 0 Å². The summed E-state index contributed by atoms with van der Waals surface area (Å²) in [5, 5.41) is 0. The van der Waals surface area contributed by atoms with E-state index in [-0.39, 0.29) is 11.8 Å². The van der Waals surface area contributed by atoms with Crippen molar-refractivity contribution >= 4 is 39.4 Å². The number of amides is 2. The van der Waals surface area contributed by atoms with Crippen LogP contribution in [-0.4, -0.2) is 23.3 Å². The van der Waals surface area contributed by atoms with Gasteiger partial charge in [0.1, 0.15) is 0 Å². The first-order valence-electron chi connectivity index (χ1n) is 7.60. The standard InChI is InChI=1S/C20H16BrNO2/c1-14(23)22-13-17(12-20(22)24)19(11-15-5-3-2-4-6-15)16-7-9-18(21)10-8-16/h2-12H,13H2,1H3. The zero-order valence-corrected chi connectivity index (χ0v) is 14.8. The number of hydrogen-bond donors (Lipinski definition) is 0. The average molecular weight is 382 g/mol. The molecule has 2 aromatic carbocycles. The van der Waals surface area contributed by atoms with Gasteiger partial charge in [0.25, 0.3) is 5.91 Å². The summed E-state index contributed by atoms with van der Waals surface area (Å²) in [5.74, 6) is -0.491. The average Bonchev–Trinajstić information content (AvgIpc) is 2.96. The third-order valence-electron chi connectivity index (χ3n) is 3.88. The van der Waals surface area contributed by atoms with Crippen molar-refractivity contribution in [2.45, 2.75) is 6.92 Å². The van der Waals surface area contributed by atoms with Crippen LogP contribution < -0.4 is 0 Å². The van der Waals surface area contributed by atoms with Crippen molar-refractivity contribution in [2.75, 3.05) is 6.54 Å². The Kier molecular flexibility index (Phi) is 4.76. The zero-order chi connectivity index (χ0) is 17.1. The number of halogens is 1. The van der Waals surface area contributed by atoms with E-state index in [9.17, 15) is 9.59 Å². The summed E-state index contributed by atoms with van der Waals surface area (Å²) in [6.45, 7) is 1.72. The van der Waals surface area contributed by atoms with Crippen LogP contribution in [0.2, 0.25) is 0 Å². The summed E-state index contributed by atoms with van der Waals surface area (Å²) in [6, 6.07) is 17.9. The Balaban J connectivity index is 2.05. The third-order valence-corrected chi connectivity index (χ3v) is 4.41. The van der Waals surface area contributed by atoms with Crippen LogP contribution in [0, 0.1) is 0 Å². The molecule has 3 rings (SSSR count). The molecule has 0 saturated heterocycles. The van der Waals surface area contributed by atoms with Gasteiger partial charge in [-0.1, -0.05) is 58.4 Å². The Hall–Kier alpha value is -2.46. The molecule has 3 nitrogen and oxygen atoms in total. The molecule has 1 aliphatic rings. The molecular weight excluding hydrogens is 366 g/mol. The molecule has 0 N–H and O–H groups in total. The van der Waals surface area contributed by atoms with Crippen molar-refractivity contribution < 1.29 is 9.59 Å². The van der Waals surface area contributed by atoms with E-state index >= 15 is 0 Å². The molecular formula is C20H16BrNO2. The zero-order valence-electron chi connectivity index (χ0n) is 13.2. The van der Waals surface area contributed by atoms with Crippen LogP contribution in [0.4, 0.5) is 0 Å². The molecule has 0 spiro atoms. The van der Waals surface area contributed by atoms with Crippen LogP contribution >= 0.6 is 15.9 Å². The molecule has 0 radical (unpaired) electrons. The maximum absolute atomic E-state index is 12.1. The predicted molar refractivity (Wildman–Crippen MR) is 98.9 cm³/mol. The van der Waals surface area contributed by atoms with Crippen molar-refractivity contribution in [3.63, 3.8) is 0 Å². The molecule has 0 saturated carbocycles. The first kappa shape index (κ1) is 16.4. The minimum absolute atomic E-state index is 0.235. The topological polar surface area (TPSA) is 37.4 Å². The molecule has 2 amide bonds. The Morgan fingerprint density at radius 3 is 2.33 bits per heavy atom. The molecule has 0 unspecified atom stereocenters. The van der Waals surface area contributed by atoms with Gasteiger partial charge in [-0.3, -0.25) is 14.5 Å². The molecule has 4 heteroatoms. The van der Waals surface area contributed by atoms with Crippen LogP contribution in [0.1, 0.15) is 18.1 Å². The lowest BCUT2D eigenvalue weighted by molar-refractivity contribution is -0.138.